The number of unbranched alkanes of at least 4 members (excludes halogenated alkanes) is 55. The number of rotatable bonds is 83. The number of aliphatic hydroxyl groups excluding tert-OH is 1. The van der Waals surface area contributed by atoms with Crippen molar-refractivity contribution < 1.29 is 80.2 Å². The van der Waals surface area contributed by atoms with Gasteiger partial charge in [0.1, 0.15) is 19.3 Å². The standard InChI is InChI=1S/C83H162O17P2/c1-6-9-12-15-18-21-24-26-28-30-32-34-35-37-39-41-43-46-49-52-59-64-69-83(88)99-78(72-93-80(85)66-61-56-50-47-45-42-40-38-36-33-31-29-27-25-22-19-16-13-10-7-2)74-97-101(89,90)95-70-77(84)71-96-102(91,92)98-75-79(73-94-81(86)67-62-57-54-53-55-60-65-76(4)5)100-82(87)68-63-58-51-48-44-23-20-17-14-11-8-3/h76-79,84H,6-75H2,1-5H3,(H,89,90)(H,91,92)/t77-,78-,79-/m1/s1. The molecule has 19 heteroatoms. The van der Waals surface area contributed by atoms with Crippen molar-refractivity contribution in [1.82, 2.24) is 0 Å². The maximum absolute atomic E-state index is 13.1. The van der Waals surface area contributed by atoms with Gasteiger partial charge in [-0.15, -0.1) is 0 Å². The van der Waals surface area contributed by atoms with Crippen LogP contribution in [0.4, 0.5) is 0 Å². The second-order valence-electron chi connectivity index (χ2n) is 30.3. The Balaban J connectivity index is 5.17. The molecule has 0 aromatic rings. The molecule has 0 aliphatic carbocycles. The minimum Gasteiger partial charge on any atom is -0.462 e. The van der Waals surface area contributed by atoms with Crippen molar-refractivity contribution >= 4 is 39.5 Å². The molecule has 0 saturated heterocycles. The van der Waals surface area contributed by atoms with Crippen molar-refractivity contribution in [3.63, 3.8) is 0 Å². The summed E-state index contributed by atoms with van der Waals surface area (Å²) in [5.41, 5.74) is 0. The first-order chi connectivity index (χ1) is 49.5. The van der Waals surface area contributed by atoms with Gasteiger partial charge in [0.25, 0.3) is 0 Å². The molecule has 0 fully saturated rings. The highest BCUT2D eigenvalue weighted by Crippen LogP contribution is 2.45. The van der Waals surface area contributed by atoms with E-state index in [2.05, 4.69) is 34.6 Å². The maximum atomic E-state index is 13.1. The molecule has 102 heavy (non-hydrogen) atoms. The fourth-order valence-electron chi connectivity index (χ4n) is 12.9. The minimum atomic E-state index is -4.96. The lowest BCUT2D eigenvalue weighted by Crippen LogP contribution is -2.30. The molecule has 0 heterocycles. The predicted molar refractivity (Wildman–Crippen MR) is 418 cm³/mol. The number of carbonyl (C=O) groups is 4. The second-order valence-corrected chi connectivity index (χ2v) is 33.3. The monoisotopic (exact) mass is 1490 g/mol. The number of esters is 4. The Labute approximate surface area is 626 Å². The molecular formula is C83H162O17P2. The van der Waals surface area contributed by atoms with Crippen molar-refractivity contribution in [3.8, 4) is 0 Å². The lowest BCUT2D eigenvalue weighted by Gasteiger charge is -2.21. The predicted octanol–water partition coefficient (Wildman–Crippen LogP) is 25.2. The van der Waals surface area contributed by atoms with Crippen LogP contribution in [0.2, 0.25) is 0 Å². The molecule has 0 aromatic carbocycles. The van der Waals surface area contributed by atoms with Crippen molar-refractivity contribution in [2.24, 2.45) is 5.92 Å². The van der Waals surface area contributed by atoms with Gasteiger partial charge in [-0.3, -0.25) is 37.3 Å². The molecule has 5 atom stereocenters. The van der Waals surface area contributed by atoms with Gasteiger partial charge in [-0.25, -0.2) is 9.13 Å². The van der Waals surface area contributed by atoms with E-state index in [1.165, 1.54) is 263 Å². The molecule has 3 N–H and O–H groups in total. The van der Waals surface area contributed by atoms with Gasteiger partial charge in [-0.2, -0.15) is 0 Å². The highest BCUT2D eigenvalue weighted by Gasteiger charge is 2.30. The summed E-state index contributed by atoms with van der Waals surface area (Å²) in [6.07, 6.45) is 68.4. The van der Waals surface area contributed by atoms with Crippen LogP contribution in [-0.4, -0.2) is 96.7 Å². The summed E-state index contributed by atoms with van der Waals surface area (Å²) in [5, 5.41) is 10.6. The number of carbonyl (C=O) groups excluding carboxylic acids is 4. The van der Waals surface area contributed by atoms with Crippen LogP contribution < -0.4 is 0 Å². The van der Waals surface area contributed by atoms with E-state index in [1.54, 1.807) is 0 Å². The third-order valence-electron chi connectivity index (χ3n) is 19.5. The second kappa shape index (κ2) is 75.9. The lowest BCUT2D eigenvalue weighted by molar-refractivity contribution is -0.161. The Kier molecular flexibility index (Phi) is 74.4. The Hall–Kier alpha value is -1.94. The van der Waals surface area contributed by atoms with Crippen molar-refractivity contribution in [1.29, 1.82) is 0 Å². The zero-order valence-corrected chi connectivity index (χ0v) is 68.5. The van der Waals surface area contributed by atoms with Crippen molar-refractivity contribution in [2.75, 3.05) is 39.6 Å². The summed E-state index contributed by atoms with van der Waals surface area (Å²) in [5.74, 6) is -1.43. The van der Waals surface area contributed by atoms with Crippen molar-refractivity contribution in [3.05, 3.63) is 0 Å². The highest BCUT2D eigenvalue weighted by atomic mass is 31.2. The van der Waals surface area contributed by atoms with Gasteiger partial charge in [0, 0.05) is 25.7 Å². The SMILES string of the molecule is CCCCCCCCCCCCCCCCCCCCCCCCC(=O)O[C@H](COC(=O)CCCCCCCCCCCCCCCCCCCCCC)COP(=O)(O)OC[C@@H](O)COP(=O)(O)OC[C@@H](COC(=O)CCCCCCCCC(C)C)OC(=O)CCCCCCCCCCCCC. The molecule has 0 spiro atoms. The molecule has 0 rings (SSSR count). The summed E-state index contributed by atoms with van der Waals surface area (Å²) in [6, 6.07) is 0. The number of hydrogen-bond acceptors (Lipinski definition) is 15. The Morgan fingerprint density at radius 3 is 0.667 bits per heavy atom. The van der Waals surface area contributed by atoms with Gasteiger partial charge in [0.15, 0.2) is 12.2 Å². The van der Waals surface area contributed by atoms with E-state index in [9.17, 15) is 43.2 Å². The van der Waals surface area contributed by atoms with E-state index < -0.39 is 97.5 Å². The van der Waals surface area contributed by atoms with Crippen LogP contribution in [-0.2, 0) is 65.4 Å². The Morgan fingerprint density at radius 2 is 0.451 bits per heavy atom. The molecule has 606 valence electrons. The van der Waals surface area contributed by atoms with Gasteiger partial charge >= 0.3 is 39.5 Å². The highest BCUT2D eigenvalue weighted by molar-refractivity contribution is 7.47. The van der Waals surface area contributed by atoms with Crippen LogP contribution in [0, 0.1) is 5.92 Å². The average Bonchev–Trinajstić information content (AvgIpc) is 0.910. The van der Waals surface area contributed by atoms with Crippen LogP contribution in [0.25, 0.3) is 0 Å². The van der Waals surface area contributed by atoms with Crippen LogP contribution in [0.5, 0.6) is 0 Å². The van der Waals surface area contributed by atoms with E-state index in [0.717, 1.165) is 96.3 Å². The topological polar surface area (TPSA) is 237 Å². The molecule has 0 amide bonds. The number of hydrogen-bond donors (Lipinski definition) is 3. The Morgan fingerprint density at radius 1 is 0.265 bits per heavy atom. The lowest BCUT2D eigenvalue weighted by atomic mass is 10.0. The molecule has 2 unspecified atom stereocenters. The van der Waals surface area contributed by atoms with E-state index in [-0.39, 0.29) is 25.7 Å². The summed E-state index contributed by atoms with van der Waals surface area (Å²) < 4.78 is 68.7. The average molecular weight is 1490 g/mol. The summed E-state index contributed by atoms with van der Waals surface area (Å²) >= 11 is 0. The van der Waals surface area contributed by atoms with Gasteiger partial charge in [-0.1, -0.05) is 394 Å². The fraction of sp³-hybridized carbons (Fsp3) is 0.952. The number of ether oxygens (including phenoxy) is 4. The van der Waals surface area contributed by atoms with E-state index in [0.29, 0.717) is 31.6 Å². The zero-order valence-electron chi connectivity index (χ0n) is 66.8. The maximum Gasteiger partial charge on any atom is 0.472 e. The fourth-order valence-corrected chi connectivity index (χ4v) is 14.5. The van der Waals surface area contributed by atoms with Crippen LogP contribution >= 0.6 is 15.6 Å². The molecular weight excluding hydrogens is 1330 g/mol. The zero-order chi connectivity index (χ0) is 74.8. The van der Waals surface area contributed by atoms with Crippen LogP contribution in [0.1, 0.15) is 446 Å². The molecule has 0 radical (unpaired) electrons. The smallest absolute Gasteiger partial charge is 0.462 e. The van der Waals surface area contributed by atoms with Gasteiger partial charge < -0.3 is 33.8 Å². The van der Waals surface area contributed by atoms with Gasteiger partial charge in [0.05, 0.1) is 26.4 Å². The third kappa shape index (κ3) is 76.3. The van der Waals surface area contributed by atoms with E-state index >= 15 is 0 Å². The molecule has 0 aromatic heterocycles. The normalized spacial score (nSPS) is 13.8. The summed E-state index contributed by atoms with van der Waals surface area (Å²) in [6.45, 7) is 7.24. The van der Waals surface area contributed by atoms with Crippen LogP contribution in [0.3, 0.4) is 0 Å². The first-order valence-electron chi connectivity index (χ1n) is 43.1. The van der Waals surface area contributed by atoms with Gasteiger partial charge in [-0.05, 0) is 31.6 Å². The summed E-state index contributed by atoms with van der Waals surface area (Å²) in [4.78, 5) is 73.0. The quantitative estimate of drug-likeness (QED) is 0.0222. The van der Waals surface area contributed by atoms with E-state index in [4.69, 9.17) is 37.0 Å². The molecule has 0 aliphatic heterocycles. The van der Waals surface area contributed by atoms with E-state index in [1.807, 2.05) is 0 Å². The number of aliphatic hydroxyl groups is 1. The van der Waals surface area contributed by atoms with Crippen molar-refractivity contribution in [2.45, 2.75) is 464 Å². The Bertz CT molecular complexity index is 1940. The van der Waals surface area contributed by atoms with Gasteiger partial charge in [0.2, 0.25) is 0 Å². The number of phosphoric acid groups is 2. The summed E-state index contributed by atoms with van der Waals surface area (Å²) in [7, 11) is -9.92. The molecule has 0 aliphatic rings. The molecule has 17 nitrogen and oxygen atoms in total. The largest absolute Gasteiger partial charge is 0.472 e. The first-order valence-corrected chi connectivity index (χ1v) is 46.1. The third-order valence-corrected chi connectivity index (χ3v) is 21.4. The number of phosphoric ester groups is 2. The molecule has 0 saturated carbocycles. The minimum absolute atomic E-state index is 0.106. The first kappa shape index (κ1) is 100. The molecule has 0 bridgehead atoms. The van der Waals surface area contributed by atoms with Crippen LogP contribution in [0.15, 0.2) is 0 Å².